The van der Waals surface area contributed by atoms with Crippen LogP contribution < -0.4 is 0 Å². The predicted molar refractivity (Wildman–Crippen MR) is 95.2 cm³/mol. The largest absolute Gasteiger partial charge is 0.483 e. The monoisotopic (exact) mass is 318 g/mol. The number of aliphatic carboxylic acids is 1. The fourth-order valence-electron chi connectivity index (χ4n) is 2.42. The van der Waals surface area contributed by atoms with E-state index >= 15 is 0 Å². The first-order valence-electron chi connectivity index (χ1n) is 8.85. The highest BCUT2D eigenvalue weighted by molar-refractivity contribution is 5.80. The molecule has 1 aliphatic rings. The maximum absolute atomic E-state index is 10.2. The summed E-state index contributed by atoms with van der Waals surface area (Å²) in [5.41, 5.74) is 0. The number of carboxylic acids is 1. The summed E-state index contributed by atoms with van der Waals surface area (Å²) >= 11 is 0. The standard InChI is InChI=1S/C20H30O3/c1-2-3-4-5-6-7-9-12-15-18-19(23-18)16-13-10-8-11-14-17-20(21)22/h8,10-11,13-14,16-18H,2-7,9,12,15H2,1H3,(H,21,22). The molecule has 3 heteroatoms. The van der Waals surface area contributed by atoms with Gasteiger partial charge in [-0.2, -0.15) is 0 Å². The molecule has 0 saturated carbocycles. The molecule has 0 aliphatic carbocycles. The lowest BCUT2D eigenvalue weighted by Crippen LogP contribution is -1.85. The number of ether oxygens (including phenoxy) is 1. The maximum Gasteiger partial charge on any atom is 0.328 e. The van der Waals surface area contributed by atoms with Gasteiger partial charge in [-0.15, -0.1) is 0 Å². The quantitative estimate of drug-likeness (QED) is 0.209. The van der Waals surface area contributed by atoms with Crippen molar-refractivity contribution in [3.63, 3.8) is 0 Å². The molecule has 0 spiro atoms. The van der Waals surface area contributed by atoms with E-state index in [0.717, 1.165) is 18.3 Å². The number of hydrogen-bond donors (Lipinski definition) is 1. The van der Waals surface area contributed by atoms with Crippen molar-refractivity contribution < 1.29 is 14.6 Å². The molecule has 1 fully saturated rings. The van der Waals surface area contributed by atoms with E-state index in [2.05, 4.69) is 6.92 Å². The van der Waals surface area contributed by atoms with Crippen LogP contribution in [0.2, 0.25) is 0 Å². The number of unbranched alkanes of at least 4 members (excludes halogenated alkanes) is 7. The van der Waals surface area contributed by atoms with Crippen molar-refractivity contribution in [1.82, 2.24) is 0 Å². The predicted octanol–water partition coefficient (Wildman–Crippen LogP) is 5.55. The Balaban J connectivity index is 1.98. The number of carboxylic acid groups (broad SMARTS) is 1. The molecule has 1 atom stereocenters. The molecule has 1 N–H and O–H groups in total. The minimum Gasteiger partial charge on any atom is -0.483 e. The third kappa shape index (κ3) is 11.5. The first-order chi connectivity index (χ1) is 11.2. The van der Waals surface area contributed by atoms with Crippen molar-refractivity contribution in [2.75, 3.05) is 0 Å². The summed E-state index contributed by atoms with van der Waals surface area (Å²) in [6.07, 6.45) is 24.1. The van der Waals surface area contributed by atoms with Crippen molar-refractivity contribution in [3.05, 3.63) is 48.3 Å². The molecule has 0 aromatic carbocycles. The van der Waals surface area contributed by atoms with Crippen LogP contribution in [-0.2, 0) is 9.53 Å². The Morgan fingerprint density at radius 2 is 1.57 bits per heavy atom. The van der Waals surface area contributed by atoms with Crippen molar-refractivity contribution in [2.45, 2.75) is 70.8 Å². The van der Waals surface area contributed by atoms with Gasteiger partial charge in [0.15, 0.2) is 6.10 Å². The lowest BCUT2D eigenvalue weighted by atomic mass is 10.1. The molecule has 1 saturated heterocycles. The number of epoxide rings is 1. The number of rotatable bonds is 13. The SMILES string of the molecule is CCCCCCCCCCC1OC1=CC=CC=CC=CC(=O)O. The van der Waals surface area contributed by atoms with Gasteiger partial charge in [-0.25, -0.2) is 4.79 Å². The molecule has 0 bridgehead atoms. The van der Waals surface area contributed by atoms with Crippen LogP contribution in [0.3, 0.4) is 0 Å². The fraction of sp³-hybridized carbons (Fsp3) is 0.550. The number of carbonyl (C=O) groups is 1. The lowest BCUT2D eigenvalue weighted by Gasteiger charge is -1.99. The third-order valence-electron chi connectivity index (χ3n) is 3.80. The highest BCUT2D eigenvalue weighted by atomic mass is 16.6. The minimum atomic E-state index is -0.934. The van der Waals surface area contributed by atoms with E-state index in [1.54, 1.807) is 12.2 Å². The summed E-state index contributed by atoms with van der Waals surface area (Å²) in [5.74, 6) is 0.134. The van der Waals surface area contributed by atoms with Crippen molar-refractivity contribution in [2.24, 2.45) is 0 Å². The second-order valence-electron chi connectivity index (χ2n) is 5.91. The van der Waals surface area contributed by atoms with E-state index in [1.165, 1.54) is 57.4 Å². The Morgan fingerprint density at radius 3 is 2.26 bits per heavy atom. The van der Waals surface area contributed by atoms with E-state index in [4.69, 9.17) is 9.84 Å². The van der Waals surface area contributed by atoms with Gasteiger partial charge in [-0.1, -0.05) is 82.2 Å². The average molecular weight is 318 g/mol. The van der Waals surface area contributed by atoms with Gasteiger partial charge in [0.2, 0.25) is 0 Å². The van der Waals surface area contributed by atoms with Crippen LogP contribution in [0.25, 0.3) is 0 Å². The second-order valence-corrected chi connectivity index (χ2v) is 5.91. The Kier molecular flexibility index (Phi) is 10.7. The number of allylic oxidation sites excluding steroid dienone is 6. The van der Waals surface area contributed by atoms with Gasteiger partial charge in [-0.05, 0) is 18.9 Å². The third-order valence-corrected chi connectivity index (χ3v) is 3.80. The molecule has 0 aromatic heterocycles. The second kappa shape index (κ2) is 12.7. The zero-order valence-corrected chi connectivity index (χ0v) is 14.2. The summed E-state index contributed by atoms with van der Waals surface area (Å²) in [7, 11) is 0. The summed E-state index contributed by atoms with van der Waals surface area (Å²) in [4.78, 5) is 10.2. The molecule has 1 unspecified atom stereocenters. The van der Waals surface area contributed by atoms with Gasteiger partial charge in [0.25, 0.3) is 0 Å². The maximum atomic E-state index is 10.2. The Morgan fingerprint density at radius 1 is 0.957 bits per heavy atom. The molecular weight excluding hydrogens is 288 g/mol. The van der Waals surface area contributed by atoms with E-state index in [-0.39, 0.29) is 0 Å². The molecule has 128 valence electrons. The molecule has 1 heterocycles. The van der Waals surface area contributed by atoms with Crippen molar-refractivity contribution in [3.8, 4) is 0 Å². The molecule has 1 rings (SSSR count). The van der Waals surface area contributed by atoms with Gasteiger partial charge in [0.1, 0.15) is 5.76 Å². The average Bonchev–Trinajstić information content (AvgIpc) is 3.27. The van der Waals surface area contributed by atoms with Gasteiger partial charge in [-0.3, -0.25) is 0 Å². The molecular formula is C20H30O3. The van der Waals surface area contributed by atoms with Crippen molar-refractivity contribution >= 4 is 5.97 Å². The molecule has 3 nitrogen and oxygen atoms in total. The molecule has 0 radical (unpaired) electrons. The van der Waals surface area contributed by atoms with Crippen LogP contribution in [0.4, 0.5) is 0 Å². The van der Waals surface area contributed by atoms with Gasteiger partial charge in [0, 0.05) is 6.08 Å². The van der Waals surface area contributed by atoms with E-state index in [1.807, 2.05) is 18.2 Å². The number of hydrogen-bond acceptors (Lipinski definition) is 2. The molecule has 0 amide bonds. The first kappa shape index (κ1) is 19.3. The van der Waals surface area contributed by atoms with Crippen LogP contribution in [0.5, 0.6) is 0 Å². The van der Waals surface area contributed by atoms with E-state index < -0.39 is 5.97 Å². The Bertz CT molecular complexity index is 444. The molecule has 1 aliphatic heterocycles. The smallest absolute Gasteiger partial charge is 0.328 e. The van der Waals surface area contributed by atoms with Crippen LogP contribution in [0.15, 0.2) is 48.3 Å². The Labute approximate surface area is 140 Å². The highest BCUT2D eigenvalue weighted by Crippen LogP contribution is 2.31. The normalized spacial score (nSPS) is 19.2. The van der Waals surface area contributed by atoms with E-state index in [9.17, 15) is 4.79 Å². The van der Waals surface area contributed by atoms with Gasteiger partial charge in [0.05, 0.1) is 0 Å². The summed E-state index contributed by atoms with van der Waals surface area (Å²) in [6.45, 7) is 2.25. The van der Waals surface area contributed by atoms with Crippen LogP contribution in [-0.4, -0.2) is 17.2 Å². The van der Waals surface area contributed by atoms with Crippen LogP contribution >= 0.6 is 0 Å². The lowest BCUT2D eigenvalue weighted by molar-refractivity contribution is -0.131. The van der Waals surface area contributed by atoms with Crippen LogP contribution in [0.1, 0.15) is 64.7 Å². The zero-order valence-electron chi connectivity index (χ0n) is 14.2. The van der Waals surface area contributed by atoms with Crippen LogP contribution in [0, 0.1) is 0 Å². The minimum absolute atomic E-state index is 0.329. The molecule has 0 aromatic rings. The zero-order chi connectivity index (χ0) is 16.8. The van der Waals surface area contributed by atoms with Gasteiger partial charge >= 0.3 is 5.97 Å². The molecule has 23 heavy (non-hydrogen) atoms. The van der Waals surface area contributed by atoms with E-state index in [0.29, 0.717) is 6.10 Å². The fourth-order valence-corrected chi connectivity index (χ4v) is 2.42. The summed E-state index contributed by atoms with van der Waals surface area (Å²) in [6, 6.07) is 0. The Hall–Kier alpha value is -1.77. The van der Waals surface area contributed by atoms with Crippen molar-refractivity contribution in [1.29, 1.82) is 0 Å². The topological polar surface area (TPSA) is 49.8 Å². The first-order valence-corrected chi connectivity index (χ1v) is 8.85. The highest BCUT2D eigenvalue weighted by Gasteiger charge is 2.30. The van der Waals surface area contributed by atoms with Gasteiger partial charge < -0.3 is 9.84 Å². The summed E-state index contributed by atoms with van der Waals surface area (Å²) in [5, 5.41) is 8.41. The summed E-state index contributed by atoms with van der Waals surface area (Å²) < 4.78 is 5.53.